The third-order valence-corrected chi connectivity index (χ3v) is 1.19. The predicted molar refractivity (Wildman–Crippen MR) is 41.4 cm³/mol. The molecule has 1 rings (SSSR count). The molecule has 0 aliphatic carbocycles. The molecule has 0 saturated heterocycles. The first kappa shape index (κ1) is 7.53. The fraction of sp³-hybridized carbons (Fsp3) is 0.143. The second-order valence-electron chi connectivity index (χ2n) is 2.10. The largest absolute Gasteiger partial charge is 0.367 e. The number of hydrogen-bond donors (Lipinski definition) is 1. The van der Waals surface area contributed by atoms with Gasteiger partial charge in [0.1, 0.15) is 0 Å². The smallest absolute Gasteiger partial charge is 0.230 e. The van der Waals surface area contributed by atoms with E-state index in [1.54, 1.807) is 30.6 Å². The molecule has 1 heterocycles. The van der Waals surface area contributed by atoms with Gasteiger partial charge in [-0.3, -0.25) is 10.1 Å². The van der Waals surface area contributed by atoms with Crippen LogP contribution < -0.4 is 5.32 Å². The molecule has 11 heavy (non-hydrogen) atoms. The Morgan fingerprint density at radius 3 is 3.09 bits per heavy atom. The molecule has 1 N–H and O–H groups in total. The van der Waals surface area contributed by atoms with Crippen LogP contribution in [0.1, 0.15) is 0 Å². The molecule has 0 aromatic carbocycles. The monoisotopic (exact) mass is 152 g/mol. The first-order chi connectivity index (χ1) is 5.29. The molecule has 0 amide bonds. The molecule has 0 atom stereocenters. The van der Waals surface area contributed by atoms with E-state index in [0.717, 1.165) is 0 Å². The first-order valence-corrected chi connectivity index (χ1v) is 3.19. The highest BCUT2D eigenvalue weighted by atomic mass is 16.6. The summed E-state index contributed by atoms with van der Waals surface area (Å²) in [4.78, 5) is 9.70. The summed E-state index contributed by atoms with van der Waals surface area (Å²) in [5, 5.41) is 12.9. The Balaban J connectivity index is 2.58. The number of allylic oxidation sites excluding steroid dienone is 2. The number of nitrogens with one attached hydrogen (secondary N) is 1. The van der Waals surface area contributed by atoms with Crippen LogP contribution in [0, 0.1) is 10.1 Å². The van der Waals surface area contributed by atoms with Crippen molar-refractivity contribution in [3.05, 3.63) is 46.3 Å². The van der Waals surface area contributed by atoms with Gasteiger partial charge in [-0.2, -0.15) is 0 Å². The molecule has 0 radical (unpaired) electrons. The highest BCUT2D eigenvalue weighted by Crippen LogP contribution is 1.98. The highest BCUT2D eigenvalue weighted by molar-refractivity contribution is 5.25. The molecule has 0 saturated carbocycles. The summed E-state index contributed by atoms with van der Waals surface area (Å²) in [6.45, 7) is -0.134. The van der Waals surface area contributed by atoms with Crippen molar-refractivity contribution in [2.24, 2.45) is 0 Å². The van der Waals surface area contributed by atoms with Crippen LogP contribution >= 0.6 is 0 Å². The summed E-state index contributed by atoms with van der Waals surface area (Å²) in [5.41, 5.74) is 0.667. The van der Waals surface area contributed by atoms with Crippen molar-refractivity contribution in [2.45, 2.75) is 0 Å². The quantitative estimate of drug-likeness (QED) is 0.470. The summed E-state index contributed by atoms with van der Waals surface area (Å²) in [6.07, 6.45) is 8.57. The third-order valence-electron chi connectivity index (χ3n) is 1.19. The molecule has 4 nitrogen and oxygen atoms in total. The van der Waals surface area contributed by atoms with Gasteiger partial charge in [0.2, 0.25) is 6.54 Å². The number of nitro groups is 1. The number of hydrogen-bond acceptors (Lipinski definition) is 3. The van der Waals surface area contributed by atoms with Gasteiger partial charge in [0.25, 0.3) is 0 Å². The zero-order valence-electron chi connectivity index (χ0n) is 5.86. The minimum Gasteiger partial charge on any atom is -0.367 e. The molecule has 0 bridgehead atoms. The van der Waals surface area contributed by atoms with Crippen molar-refractivity contribution in [1.82, 2.24) is 5.32 Å². The number of nitrogens with zero attached hydrogens (tertiary/aromatic N) is 1. The minimum atomic E-state index is -0.358. The van der Waals surface area contributed by atoms with Crippen LogP contribution in [-0.4, -0.2) is 11.5 Å². The molecule has 1 aliphatic rings. The predicted octanol–water partition coefficient (Wildman–Crippen LogP) is 0.820. The van der Waals surface area contributed by atoms with E-state index in [4.69, 9.17) is 0 Å². The number of rotatable bonds is 2. The van der Waals surface area contributed by atoms with E-state index < -0.39 is 0 Å². The van der Waals surface area contributed by atoms with E-state index in [0.29, 0.717) is 5.57 Å². The first-order valence-electron chi connectivity index (χ1n) is 3.19. The Hall–Kier alpha value is -1.58. The van der Waals surface area contributed by atoms with E-state index in [2.05, 4.69) is 5.32 Å². The van der Waals surface area contributed by atoms with Crippen molar-refractivity contribution >= 4 is 0 Å². The van der Waals surface area contributed by atoms with Gasteiger partial charge in [-0.15, -0.1) is 0 Å². The fourth-order valence-electron chi connectivity index (χ4n) is 0.741. The average molecular weight is 152 g/mol. The van der Waals surface area contributed by atoms with Crippen molar-refractivity contribution in [1.29, 1.82) is 0 Å². The van der Waals surface area contributed by atoms with Gasteiger partial charge >= 0.3 is 0 Å². The molecule has 0 unspecified atom stereocenters. The SMILES string of the molecule is O=[N+]([O-])CC1=CNC=CC=C1. The minimum absolute atomic E-state index is 0.134. The Labute approximate surface area is 64.1 Å². The lowest BCUT2D eigenvalue weighted by Crippen LogP contribution is -2.04. The van der Waals surface area contributed by atoms with Gasteiger partial charge in [-0.25, -0.2) is 0 Å². The van der Waals surface area contributed by atoms with Gasteiger partial charge in [-0.05, 0) is 6.08 Å². The molecule has 1 aliphatic heterocycles. The highest BCUT2D eigenvalue weighted by Gasteiger charge is 2.00. The molecular formula is C7H8N2O2. The lowest BCUT2D eigenvalue weighted by Gasteiger charge is -1.93. The van der Waals surface area contributed by atoms with E-state index in [9.17, 15) is 10.1 Å². The topological polar surface area (TPSA) is 55.2 Å². The molecule has 0 aromatic rings. The molecule has 0 fully saturated rings. The van der Waals surface area contributed by atoms with Crippen molar-refractivity contribution in [2.75, 3.05) is 6.54 Å². The molecule has 0 spiro atoms. The van der Waals surface area contributed by atoms with Crippen molar-refractivity contribution in [3.8, 4) is 0 Å². The van der Waals surface area contributed by atoms with Crippen molar-refractivity contribution in [3.63, 3.8) is 0 Å². The van der Waals surface area contributed by atoms with Crippen LogP contribution in [0.2, 0.25) is 0 Å². The Kier molecular flexibility index (Phi) is 2.43. The van der Waals surface area contributed by atoms with Gasteiger partial charge in [0, 0.05) is 22.9 Å². The van der Waals surface area contributed by atoms with E-state index in [1.165, 1.54) is 0 Å². The zero-order chi connectivity index (χ0) is 8.10. The van der Waals surface area contributed by atoms with Gasteiger partial charge in [0.15, 0.2) is 0 Å². The van der Waals surface area contributed by atoms with Crippen LogP contribution in [0.25, 0.3) is 0 Å². The standard InChI is InChI=1S/C7H8N2O2/c10-9(11)6-7-3-1-2-4-8-5-7/h1-5,8H,6H2. The maximum absolute atomic E-state index is 10.1. The Bertz CT molecular complexity index is 241. The lowest BCUT2D eigenvalue weighted by atomic mass is 10.3. The van der Waals surface area contributed by atoms with Crippen LogP contribution in [0.4, 0.5) is 0 Å². The third kappa shape index (κ3) is 2.66. The molecule has 0 aromatic heterocycles. The summed E-state index contributed by atoms with van der Waals surface area (Å²) < 4.78 is 0. The summed E-state index contributed by atoms with van der Waals surface area (Å²) in [6, 6.07) is 0. The van der Waals surface area contributed by atoms with Gasteiger partial charge in [0.05, 0.1) is 0 Å². The summed E-state index contributed by atoms with van der Waals surface area (Å²) in [5.74, 6) is 0. The van der Waals surface area contributed by atoms with E-state index in [-0.39, 0.29) is 11.5 Å². The van der Waals surface area contributed by atoms with Crippen LogP contribution in [0.5, 0.6) is 0 Å². The molecular weight excluding hydrogens is 144 g/mol. The average Bonchev–Trinajstić information content (AvgIpc) is 2.14. The zero-order valence-corrected chi connectivity index (χ0v) is 5.86. The van der Waals surface area contributed by atoms with Crippen LogP contribution in [0.3, 0.4) is 0 Å². The van der Waals surface area contributed by atoms with Gasteiger partial charge < -0.3 is 5.32 Å². The second kappa shape index (κ2) is 3.55. The summed E-state index contributed by atoms with van der Waals surface area (Å²) in [7, 11) is 0. The van der Waals surface area contributed by atoms with Gasteiger partial charge in [-0.1, -0.05) is 12.2 Å². The van der Waals surface area contributed by atoms with Crippen LogP contribution in [0.15, 0.2) is 36.2 Å². The summed E-state index contributed by atoms with van der Waals surface area (Å²) >= 11 is 0. The lowest BCUT2D eigenvalue weighted by molar-refractivity contribution is -0.470. The fourth-order valence-corrected chi connectivity index (χ4v) is 0.741. The van der Waals surface area contributed by atoms with Crippen LogP contribution in [-0.2, 0) is 0 Å². The Morgan fingerprint density at radius 1 is 1.55 bits per heavy atom. The Morgan fingerprint density at radius 2 is 2.36 bits per heavy atom. The maximum atomic E-state index is 10.1. The maximum Gasteiger partial charge on any atom is 0.230 e. The molecule has 58 valence electrons. The van der Waals surface area contributed by atoms with E-state index >= 15 is 0 Å². The van der Waals surface area contributed by atoms with E-state index in [1.807, 2.05) is 0 Å². The molecule has 4 heteroatoms. The van der Waals surface area contributed by atoms with Crippen molar-refractivity contribution < 1.29 is 4.92 Å². The second-order valence-corrected chi connectivity index (χ2v) is 2.10. The normalized spacial score (nSPS) is 15.1.